The second-order valence-electron chi connectivity index (χ2n) is 10.4. The zero-order valence-corrected chi connectivity index (χ0v) is 23.4. The number of carbonyl (C=O) groups excluding carboxylic acids is 1. The molecular formula is C33H39NO5. The van der Waals surface area contributed by atoms with Gasteiger partial charge in [-0.05, 0) is 60.2 Å². The van der Waals surface area contributed by atoms with Crippen molar-refractivity contribution in [2.75, 3.05) is 20.8 Å². The average Bonchev–Trinajstić information content (AvgIpc) is 3.29. The topological polar surface area (TPSA) is 69.9 Å². The van der Waals surface area contributed by atoms with Crippen LogP contribution in [0.2, 0.25) is 0 Å². The molecule has 206 valence electrons. The summed E-state index contributed by atoms with van der Waals surface area (Å²) in [5, 5.41) is 11.8. The molecule has 1 aromatic heterocycles. The molecule has 0 saturated carbocycles. The fraction of sp³-hybridized carbons (Fsp3) is 0.364. The van der Waals surface area contributed by atoms with Gasteiger partial charge in [-0.2, -0.15) is 0 Å². The van der Waals surface area contributed by atoms with Crippen LogP contribution < -0.4 is 9.47 Å². The average molecular weight is 530 g/mol. The minimum atomic E-state index is -0.828. The monoisotopic (exact) mass is 529 g/mol. The molecule has 0 aliphatic rings. The summed E-state index contributed by atoms with van der Waals surface area (Å²) in [6.45, 7) is 4.97. The summed E-state index contributed by atoms with van der Waals surface area (Å²) in [6, 6.07) is 21.2. The number of nitrogens with zero attached hydrogens (tertiary/aromatic N) is 1. The number of carbonyl (C=O) groups is 1. The quantitative estimate of drug-likeness (QED) is 0.202. The Bertz CT molecular complexity index is 1350. The molecule has 0 aliphatic heterocycles. The number of rotatable bonds is 13. The van der Waals surface area contributed by atoms with Crippen molar-refractivity contribution in [3.05, 3.63) is 95.2 Å². The third-order valence-electron chi connectivity index (χ3n) is 6.99. The number of esters is 1. The number of ether oxygens (including phenoxy) is 3. The Kier molecular flexibility index (Phi) is 9.66. The first kappa shape index (κ1) is 28.2. The maximum absolute atomic E-state index is 12.3. The summed E-state index contributed by atoms with van der Waals surface area (Å²) < 4.78 is 19.2. The standard InChI is InChI=1S/C33H39NO5/c1-23(2)11-10-12-24-17-31(37-3)29(32(18-24)38-4)21-34-20-26(28-15-8-9-16-30(28)34)19-27(35)22-39-33(36)25-13-6-5-7-14-25/h5-9,13-18,20,23,27,35H,10-12,19,21-22H2,1-4H3. The van der Waals surface area contributed by atoms with Crippen LogP contribution in [-0.2, 0) is 24.1 Å². The normalized spacial score (nSPS) is 12.1. The Morgan fingerprint density at radius 1 is 0.949 bits per heavy atom. The first-order chi connectivity index (χ1) is 18.9. The van der Waals surface area contributed by atoms with Gasteiger partial charge in [0.25, 0.3) is 0 Å². The van der Waals surface area contributed by atoms with Gasteiger partial charge < -0.3 is 23.9 Å². The highest BCUT2D eigenvalue weighted by Gasteiger charge is 2.18. The predicted octanol–water partition coefficient (Wildman–Crippen LogP) is 6.45. The highest BCUT2D eigenvalue weighted by atomic mass is 16.5. The zero-order valence-electron chi connectivity index (χ0n) is 23.4. The third-order valence-corrected chi connectivity index (χ3v) is 6.99. The molecule has 0 aliphatic carbocycles. The number of para-hydroxylation sites is 1. The van der Waals surface area contributed by atoms with E-state index in [4.69, 9.17) is 14.2 Å². The van der Waals surface area contributed by atoms with Crippen molar-refractivity contribution in [2.24, 2.45) is 5.92 Å². The van der Waals surface area contributed by atoms with Gasteiger partial charge in [-0.25, -0.2) is 4.79 Å². The van der Waals surface area contributed by atoms with Gasteiger partial charge in [-0.3, -0.25) is 0 Å². The lowest BCUT2D eigenvalue weighted by atomic mass is 10.0. The maximum Gasteiger partial charge on any atom is 0.338 e. The minimum absolute atomic E-state index is 0.0762. The molecule has 0 radical (unpaired) electrons. The van der Waals surface area contributed by atoms with Gasteiger partial charge in [0.05, 0.1) is 38.0 Å². The van der Waals surface area contributed by atoms with Crippen LogP contribution in [0.5, 0.6) is 11.5 Å². The van der Waals surface area contributed by atoms with E-state index in [1.807, 2.05) is 18.2 Å². The summed E-state index contributed by atoms with van der Waals surface area (Å²) in [4.78, 5) is 12.3. The van der Waals surface area contributed by atoms with Crippen LogP contribution in [0.15, 0.2) is 72.9 Å². The van der Waals surface area contributed by atoms with Crippen LogP contribution in [0.25, 0.3) is 10.9 Å². The number of hydrogen-bond acceptors (Lipinski definition) is 5. The first-order valence-electron chi connectivity index (χ1n) is 13.6. The van der Waals surface area contributed by atoms with Gasteiger partial charge in [0.1, 0.15) is 18.1 Å². The van der Waals surface area contributed by atoms with Crippen LogP contribution in [0.4, 0.5) is 0 Å². The Labute approximate surface area is 231 Å². The SMILES string of the molecule is COc1cc(CCCC(C)C)cc(OC)c1Cn1cc(CC(O)COC(=O)c2ccccc2)c2ccccc21. The van der Waals surface area contributed by atoms with Crippen LogP contribution in [-0.4, -0.2) is 42.6 Å². The Morgan fingerprint density at radius 2 is 1.62 bits per heavy atom. The van der Waals surface area contributed by atoms with E-state index in [1.54, 1.807) is 38.5 Å². The number of aryl methyl sites for hydroxylation is 1. The van der Waals surface area contributed by atoms with Gasteiger partial charge in [0.2, 0.25) is 0 Å². The molecule has 1 N–H and O–H groups in total. The third kappa shape index (κ3) is 7.21. The molecule has 1 atom stereocenters. The molecule has 0 amide bonds. The molecule has 0 fully saturated rings. The molecule has 3 aromatic carbocycles. The molecule has 6 nitrogen and oxygen atoms in total. The highest BCUT2D eigenvalue weighted by molar-refractivity contribution is 5.89. The first-order valence-corrected chi connectivity index (χ1v) is 13.6. The van der Waals surface area contributed by atoms with E-state index in [2.05, 4.69) is 48.9 Å². The summed E-state index contributed by atoms with van der Waals surface area (Å²) in [5.74, 6) is 1.85. The fourth-order valence-corrected chi connectivity index (χ4v) is 4.98. The van der Waals surface area contributed by atoms with Crippen LogP contribution >= 0.6 is 0 Å². The van der Waals surface area contributed by atoms with E-state index in [9.17, 15) is 9.90 Å². The van der Waals surface area contributed by atoms with E-state index < -0.39 is 12.1 Å². The van der Waals surface area contributed by atoms with Crippen molar-refractivity contribution in [1.82, 2.24) is 4.57 Å². The van der Waals surface area contributed by atoms with Crippen LogP contribution in [0, 0.1) is 5.92 Å². The Balaban J connectivity index is 1.53. The zero-order chi connectivity index (χ0) is 27.8. The lowest BCUT2D eigenvalue weighted by Gasteiger charge is -2.17. The van der Waals surface area contributed by atoms with Gasteiger partial charge in [-0.15, -0.1) is 0 Å². The van der Waals surface area contributed by atoms with E-state index in [0.717, 1.165) is 46.4 Å². The molecule has 0 bridgehead atoms. The Hall–Kier alpha value is -3.77. The van der Waals surface area contributed by atoms with E-state index in [1.165, 1.54) is 12.0 Å². The van der Waals surface area contributed by atoms with Crippen molar-refractivity contribution in [2.45, 2.75) is 52.2 Å². The molecule has 39 heavy (non-hydrogen) atoms. The van der Waals surface area contributed by atoms with E-state index in [0.29, 0.717) is 24.4 Å². The molecule has 0 spiro atoms. The molecule has 4 rings (SSSR count). The number of benzene rings is 3. The number of aliphatic hydroxyl groups is 1. The number of fused-ring (bicyclic) bond motifs is 1. The van der Waals surface area contributed by atoms with Crippen molar-refractivity contribution < 1.29 is 24.1 Å². The second-order valence-corrected chi connectivity index (χ2v) is 10.4. The van der Waals surface area contributed by atoms with Gasteiger partial charge in [-0.1, -0.05) is 56.7 Å². The lowest BCUT2D eigenvalue weighted by molar-refractivity contribution is 0.0259. The smallest absolute Gasteiger partial charge is 0.338 e. The molecule has 4 aromatic rings. The van der Waals surface area contributed by atoms with Crippen molar-refractivity contribution in [3.8, 4) is 11.5 Å². The number of aliphatic hydroxyl groups excluding tert-OH is 1. The summed E-state index contributed by atoms with van der Waals surface area (Å²) in [7, 11) is 3.39. The fourth-order valence-electron chi connectivity index (χ4n) is 4.98. The molecule has 6 heteroatoms. The molecule has 1 heterocycles. The lowest BCUT2D eigenvalue weighted by Crippen LogP contribution is -2.20. The van der Waals surface area contributed by atoms with Crippen molar-refractivity contribution >= 4 is 16.9 Å². The van der Waals surface area contributed by atoms with Gasteiger partial charge >= 0.3 is 5.97 Å². The summed E-state index contributed by atoms with van der Waals surface area (Å²) in [5.41, 5.74) is 4.68. The van der Waals surface area contributed by atoms with Crippen molar-refractivity contribution in [3.63, 3.8) is 0 Å². The second kappa shape index (κ2) is 13.3. The molecule has 0 saturated heterocycles. The highest BCUT2D eigenvalue weighted by Crippen LogP contribution is 2.34. The largest absolute Gasteiger partial charge is 0.496 e. The van der Waals surface area contributed by atoms with E-state index in [-0.39, 0.29) is 6.61 Å². The minimum Gasteiger partial charge on any atom is -0.496 e. The molecule has 1 unspecified atom stereocenters. The van der Waals surface area contributed by atoms with Crippen LogP contribution in [0.1, 0.15) is 53.7 Å². The molecular weight excluding hydrogens is 490 g/mol. The number of hydrogen-bond donors (Lipinski definition) is 1. The maximum atomic E-state index is 12.3. The number of methoxy groups -OCH3 is 2. The Morgan fingerprint density at radius 3 is 2.28 bits per heavy atom. The van der Waals surface area contributed by atoms with Crippen molar-refractivity contribution in [1.29, 1.82) is 0 Å². The van der Waals surface area contributed by atoms with Crippen LogP contribution in [0.3, 0.4) is 0 Å². The summed E-state index contributed by atoms with van der Waals surface area (Å²) in [6.07, 6.45) is 4.88. The van der Waals surface area contributed by atoms with E-state index >= 15 is 0 Å². The number of aromatic nitrogens is 1. The van der Waals surface area contributed by atoms with Gasteiger partial charge in [0.15, 0.2) is 0 Å². The van der Waals surface area contributed by atoms with Gasteiger partial charge in [0, 0.05) is 23.5 Å². The predicted molar refractivity (Wildman–Crippen MR) is 155 cm³/mol. The summed E-state index contributed by atoms with van der Waals surface area (Å²) >= 11 is 0.